The monoisotopic (exact) mass is 337 g/mol. The van der Waals surface area contributed by atoms with Crippen molar-refractivity contribution in [3.05, 3.63) is 77.1 Å². The van der Waals surface area contributed by atoms with Crippen molar-refractivity contribution in [3.63, 3.8) is 0 Å². The van der Waals surface area contributed by atoms with Crippen LogP contribution in [0.25, 0.3) is 5.69 Å². The minimum absolute atomic E-state index is 0.382. The number of rotatable bonds is 4. The van der Waals surface area contributed by atoms with E-state index < -0.39 is 6.04 Å². The first kappa shape index (κ1) is 15.7. The molecule has 3 aromatic rings. The third-order valence-electron chi connectivity index (χ3n) is 3.40. The van der Waals surface area contributed by atoms with E-state index in [1.165, 1.54) is 10.9 Å². The molecule has 24 heavy (non-hydrogen) atoms. The molecule has 1 aromatic heterocycles. The lowest BCUT2D eigenvalue weighted by Crippen LogP contribution is -2.28. The molecule has 6 nitrogen and oxygen atoms in total. The zero-order valence-electron chi connectivity index (χ0n) is 12.4. The normalized spacial score (nSPS) is 11.5. The summed E-state index contributed by atoms with van der Waals surface area (Å²) < 4.78 is 1.50. The molecule has 0 saturated heterocycles. The summed E-state index contributed by atoms with van der Waals surface area (Å²) in [6.07, 6.45) is 3.17. The van der Waals surface area contributed by atoms with Crippen molar-refractivity contribution in [2.24, 2.45) is 0 Å². The highest BCUT2D eigenvalue weighted by Gasteiger charge is 2.18. The Morgan fingerprint density at radius 2 is 2.08 bits per heavy atom. The number of carbonyl (C=O) groups is 1. The van der Waals surface area contributed by atoms with Gasteiger partial charge < -0.3 is 5.32 Å². The molecule has 0 aliphatic carbocycles. The molecule has 1 N–H and O–H groups in total. The number of nitrogens with one attached hydrogen (secondary N) is 1. The third kappa shape index (κ3) is 3.26. The number of para-hydroxylation sites is 1. The van der Waals surface area contributed by atoms with E-state index in [0.717, 1.165) is 0 Å². The summed E-state index contributed by atoms with van der Waals surface area (Å²) >= 11 is 5.95. The van der Waals surface area contributed by atoms with Crippen molar-refractivity contribution in [1.29, 1.82) is 5.26 Å². The van der Waals surface area contributed by atoms with Gasteiger partial charge in [-0.1, -0.05) is 41.1 Å². The molecule has 7 heteroatoms. The second-order valence-electron chi connectivity index (χ2n) is 4.96. The van der Waals surface area contributed by atoms with Crippen molar-refractivity contribution in [1.82, 2.24) is 20.3 Å². The number of hydrogen-bond donors (Lipinski definition) is 1. The molecule has 0 aliphatic heterocycles. The molecule has 0 fully saturated rings. The van der Waals surface area contributed by atoms with Crippen LogP contribution in [0.15, 0.2) is 60.9 Å². The second-order valence-corrected chi connectivity index (χ2v) is 5.39. The highest BCUT2D eigenvalue weighted by molar-refractivity contribution is 6.30. The average molecular weight is 338 g/mol. The van der Waals surface area contributed by atoms with Gasteiger partial charge in [0.1, 0.15) is 6.04 Å². The van der Waals surface area contributed by atoms with E-state index in [1.54, 1.807) is 54.7 Å². The van der Waals surface area contributed by atoms with Gasteiger partial charge in [-0.3, -0.25) is 4.79 Å². The average Bonchev–Trinajstić information content (AvgIpc) is 3.14. The smallest absolute Gasteiger partial charge is 0.254 e. The Hall–Kier alpha value is -3.17. The highest BCUT2D eigenvalue weighted by Crippen LogP contribution is 2.19. The van der Waals surface area contributed by atoms with Crippen LogP contribution in [-0.2, 0) is 0 Å². The van der Waals surface area contributed by atoms with Gasteiger partial charge >= 0.3 is 0 Å². The number of carbonyl (C=O) groups excluding carboxylic acids is 1. The van der Waals surface area contributed by atoms with E-state index in [9.17, 15) is 10.1 Å². The van der Waals surface area contributed by atoms with Crippen LogP contribution in [0.3, 0.4) is 0 Å². The van der Waals surface area contributed by atoms with E-state index >= 15 is 0 Å². The lowest BCUT2D eigenvalue weighted by molar-refractivity contribution is 0.0945. The van der Waals surface area contributed by atoms with Gasteiger partial charge in [0.2, 0.25) is 0 Å². The first-order valence-corrected chi connectivity index (χ1v) is 7.48. The standard InChI is InChI=1S/C17H12ClN5O/c18-13-5-3-4-12(10-13)15(11-19)21-17(24)14-6-1-2-7-16(14)23-9-8-20-22-23/h1-10,15H,(H,21,24). The molecule has 0 bridgehead atoms. The van der Waals surface area contributed by atoms with E-state index in [0.29, 0.717) is 21.8 Å². The Morgan fingerprint density at radius 1 is 1.25 bits per heavy atom. The van der Waals surface area contributed by atoms with E-state index in [2.05, 4.69) is 21.7 Å². The number of hydrogen-bond acceptors (Lipinski definition) is 4. The summed E-state index contributed by atoms with van der Waals surface area (Å²) in [5, 5.41) is 20.2. The molecule has 3 rings (SSSR count). The van der Waals surface area contributed by atoms with Crippen LogP contribution < -0.4 is 5.32 Å². The van der Waals surface area contributed by atoms with Gasteiger partial charge in [0, 0.05) is 5.02 Å². The fraction of sp³-hybridized carbons (Fsp3) is 0.0588. The van der Waals surface area contributed by atoms with Crippen LogP contribution in [0.1, 0.15) is 22.0 Å². The topological polar surface area (TPSA) is 83.6 Å². The second kappa shape index (κ2) is 6.94. The Bertz CT molecular complexity index is 901. The van der Waals surface area contributed by atoms with E-state index in [1.807, 2.05) is 0 Å². The SMILES string of the molecule is N#CC(NC(=O)c1ccccc1-n1ccnn1)c1cccc(Cl)c1. The number of nitrogens with zero attached hydrogens (tertiary/aromatic N) is 4. The highest BCUT2D eigenvalue weighted by atomic mass is 35.5. The first-order valence-electron chi connectivity index (χ1n) is 7.10. The summed E-state index contributed by atoms with van der Waals surface area (Å²) in [6.45, 7) is 0. The fourth-order valence-electron chi connectivity index (χ4n) is 2.29. The van der Waals surface area contributed by atoms with Crippen LogP contribution in [0, 0.1) is 11.3 Å². The quantitative estimate of drug-likeness (QED) is 0.793. The maximum absolute atomic E-state index is 12.6. The molecule has 1 atom stereocenters. The molecule has 2 aromatic carbocycles. The van der Waals surface area contributed by atoms with Gasteiger partial charge in [0.25, 0.3) is 5.91 Å². The van der Waals surface area contributed by atoms with Gasteiger partial charge in [-0.05, 0) is 29.8 Å². The molecular formula is C17H12ClN5O. The molecule has 0 radical (unpaired) electrons. The van der Waals surface area contributed by atoms with Crippen LogP contribution in [0.4, 0.5) is 0 Å². The van der Waals surface area contributed by atoms with E-state index in [-0.39, 0.29) is 5.91 Å². The molecule has 1 heterocycles. The minimum atomic E-state index is -0.806. The fourth-order valence-corrected chi connectivity index (χ4v) is 2.49. The van der Waals surface area contributed by atoms with Crippen molar-refractivity contribution in [3.8, 4) is 11.8 Å². The summed E-state index contributed by atoms with van der Waals surface area (Å²) in [5.41, 5.74) is 1.59. The molecule has 0 aliphatic rings. The lowest BCUT2D eigenvalue weighted by atomic mass is 10.1. The minimum Gasteiger partial charge on any atom is -0.332 e. The maximum atomic E-state index is 12.6. The summed E-state index contributed by atoms with van der Waals surface area (Å²) in [4.78, 5) is 12.6. The maximum Gasteiger partial charge on any atom is 0.254 e. The first-order chi connectivity index (χ1) is 11.7. The molecule has 118 valence electrons. The predicted octanol–water partition coefficient (Wildman–Crippen LogP) is 2.92. The number of nitriles is 1. The van der Waals surface area contributed by atoms with Crippen LogP contribution in [0.5, 0.6) is 0 Å². The predicted molar refractivity (Wildman–Crippen MR) is 88.6 cm³/mol. The Morgan fingerprint density at radius 3 is 2.79 bits per heavy atom. The Labute approximate surface area is 143 Å². The van der Waals surface area contributed by atoms with Crippen LogP contribution >= 0.6 is 11.6 Å². The van der Waals surface area contributed by atoms with Crippen molar-refractivity contribution < 1.29 is 4.79 Å². The molecule has 0 spiro atoms. The van der Waals surface area contributed by atoms with Crippen molar-refractivity contribution >= 4 is 17.5 Å². The summed E-state index contributed by atoms with van der Waals surface area (Å²) in [7, 11) is 0. The molecule has 0 saturated carbocycles. The van der Waals surface area contributed by atoms with Gasteiger partial charge in [-0.15, -0.1) is 5.10 Å². The number of benzene rings is 2. The molecule has 1 unspecified atom stereocenters. The van der Waals surface area contributed by atoms with Gasteiger partial charge in [0.15, 0.2) is 0 Å². The van der Waals surface area contributed by atoms with Crippen molar-refractivity contribution in [2.75, 3.05) is 0 Å². The summed E-state index contributed by atoms with van der Waals surface area (Å²) in [6, 6.07) is 15.1. The molecular weight excluding hydrogens is 326 g/mol. The molecule has 1 amide bonds. The zero-order chi connectivity index (χ0) is 16.9. The van der Waals surface area contributed by atoms with Crippen molar-refractivity contribution in [2.45, 2.75) is 6.04 Å². The Kier molecular flexibility index (Phi) is 4.54. The van der Waals surface area contributed by atoms with Gasteiger partial charge in [-0.25, -0.2) is 4.68 Å². The summed E-state index contributed by atoms with van der Waals surface area (Å²) in [5.74, 6) is -0.382. The lowest BCUT2D eigenvalue weighted by Gasteiger charge is -2.14. The number of amides is 1. The Balaban J connectivity index is 1.89. The van der Waals surface area contributed by atoms with Crippen LogP contribution in [-0.4, -0.2) is 20.9 Å². The zero-order valence-corrected chi connectivity index (χ0v) is 13.2. The third-order valence-corrected chi connectivity index (χ3v) is 3.64. The van der Waals surface area contributed by atoms with Crippen LogP contribution in [0.2, 0.25) is 5.02 Å². The van der Waals surface area contributed by atoms with Gasteiger partial charge in [0.05, 0.1) is 29.7 Å². The largest absolute Gasteiger partial charge is 0.332 e. The number of halogens is 1. The number of aromatic nitrogens is 3. The van der Waals surface area contributed by atoms with E-state index in [4.69, 9.17) is 11.6 Å². The van der Waals surface area contributed by atoms with Gasteiger partial charge in [-0.2, -0.15) is 5.26 Å².